The standard InChI is InChI=1S/C74H46N2O/c1-3-20-49(21-4-1)73(50-22-5-2-6-23-50)58-29-11-7-26-55(58)70-61(73)32-18-37-66(70)75(51-43-40-47(41-44-51)48-42-45-69-57(46-48)53-25-10-16-39-68(53)77-69)67-38-19-33-62-71(67)56-27-8-12-30-59(56)74(62)60-31-13-15-36-65(60)76-64-35-14-9-24-52(64)54-28-17-34-63(74)72(54)76/h1-46H. The fourth-order valence-corrected chi connectivity index (χ4v) is 14.6. The van der Waals surface area contributed by atoms with E-state index in [1.807, 2.05) is 6.07 Å². The topological polar surface area (TPSA) is 21.3 Å². The lowest BCUT2D eigenvalue weighted by atomic mass is 9.65. The van der Waals surface area contributed by atoms with Crippen molar-refractivity contribution in [1.29, 1.82) is 0 Å². The van der Waals surface area contributed by atoms with E-state index in [1.54, 1.807) is 0 Å². The molecule has 14 aromatic rings. The van der Waals surface area contributed by atoms with Crippen LogP contribution in [0.2, 0.25) is 0 Å². The summed E-state index contributed by atoms with van der Waals surface area (Å²) in [6.07, 6.45) is 0. The first-order chi connectivity index (χ1) is 38.2. The van der Waals surface area contributed by atoms with E-state index >= 15 is 0 Å². The number of para-hydroxylation sites is 4. The van der Waals surface area contributed by atoms with Crippen molar-refractivity contribution >= 4 is 60.8 Å². The van der Waals surface area contributed by atoms with Gasteiger partial charge in [-0.3, -0.25) is 0 Å². The Hall–Kier alpha value is -9.96. The smallest absolute Gasteiger partial charge is 0.135 e. The molecule has 0 radical (unpaired) electrons. The van der Waals surface area contributed by atoms with Crippen molar-refractivity contribution in [3.05, 3.63) is 324 Å². The third-order valence-corrected chi connectivity index (χ3v) is 17.5. The maximum Gasteiger partial charge on any atom is 0.135 e. The number of hydrogen-bond donors (Lipinski definition) is 0. The molecule has 1 spiro atoms. The van der Waals surface area contributed by atoms with Crippen molar-refractivity contribution in [3.8, 4) is 39.1 Å². The number of aromatic nitrogens is 1. The molecule has 3 heterocycles. The average Bonchev–Trinajstić information content (AvgIpc) is 4.15. The number of fused-ring (bicyclic) bond motifs is 18. The van der Waals surface area contributed by atoms with Crippen molar-refractivity contribution in [2.24, 2.45) is 0 Å². The molecule has 0 saturated carbocycles. The molecule has 0 bridgehead atoms. The van der Waals surface area contributed by atoms with Crippen LogP contribution in [0.25, 0.3) is 82.8 Å². The molecule has 77 heavy (non-hydrogen) atoms. The van der Waals surface area contributed by atoms with Gasteiger partial charge in [0.15, 0.2) is 0 Å². The predicted molar refractivity (Wildman–Crippen MR) is 316 cm³/mol. The molecule has 1 aliphatic heterocycles. The summed E-state index contributed by atoms with van der Waals surface area (Å²) in [5.74, 6) is 0. The minimum atomic E-state index is -0.616. The molecular weight excluding hydrogens is 933 g/mol. The number of hydrogen-bond acceptors (Lipinski definition) is 2. The van der Waals surface area contributed by atoms with E-state index < -0.39 is 10.8 Å². The molecule has 358 valence electrons. The van der Waals surface area contributed by atoms with Crippen LogP contribution < -0.4 is 4.90 Å². The SMILES string of the molecule is c1ccc(C2(c3ccccc3)c3ccccc3-c3c(N(c4ccc(-c5ccc6oc7ccccc7c6c5)cc4)c4cccc5c4-c4ccccc4C54c5ccccc5-n5c6ccccc6c6cccc4c65)cccc32)cc1. The summed E-state index contributed by atoms with van der Waals surface area (Å²) in [6, 6.07) is 104. The molecule has 0 N–H and O–H groups in total. The van der Waals surface area contributed by atoms with Crippen molar-refractivity contribution in [2.75, 3.05) is 4.90 Å². The Morgan fingerprint density at radius 3 is 1.55 bits per heavy atom. The molecule has 17 rings (SSSR count). The van der Waals surface area contributed by atoms with Gasteiger partial charge in [0, 0.05) is 38.4 Å². The zero-order valence-corrected chi connectivity index (χ0v) is 41.9. The summed E-state index contributed by atoms with van der Waals surface area (Å²) >= 11 is 0. The van der Waals surface area contributed by atoms with Gasteiger partial charge >= 0.3 is 0 Å². The molecule has 12 aromatic carbocycles. The third-order valence-electron chi connectivity index (χ3n) is 17.5. The second kappa shape index (κ2) is 15.8. The van der Waals surface area contributed by atoms with Gasteiger partial charge < -0.3 is 13.9 Å². The van der Waals surface area contributed by atoms with Gasteiger partial charge in [0.1, 0.15) is 11.2 Å². The van der Waals surface area contributed by atoms with Gasteiger partial charge in [-0.25, -0.2) is 0 Å². The highest BCUT2D eigenvalue weighted by Gasteiger charge is 2.52. The monoisotopic (exact) mass is 978 g/mol. The summed E-state index contributed by atoms with van der Waals surface area (Å²) in [4.78, 5) is 2.58. The fourth-order valence-electron chi connectivity index (χ4n) is 14.6. The molecule has 0 fully saturated rings. The van der Waals surface area contributed by atoms with Crippen LogP contribution in [0.4, 0.5) is 17.1 Å². The van der Waals surface area contributed by atoms with Crippen LogP contribution in [0.1, 0.15) is 44.5 Å². The molecule has 3 heteroatoms. The first kappa shape index (κ1) is 42.4. The lowest BCUT2D eigenvalue weighted by Gasteiger charge is -2.39. The first-order valence-corrected chi connectivity index (χ1v) is 26.7. The highest BCUT2D eigenvalue weighted by atomic mass is 16.3. The summed E-state index contributed by atoms with van der Waals surface area (Å²) in [7, 11) is 0. The summed E-state index contributed by atoms with van der Waals surface area (Å²) in [5, 5.41) is 4.79. The van der Waals surface area contributed by atoms with Gasteiger partial charge in [0.05, 0.1) is 38.9 Å². The molecule has 3 nitrogen and oxygen atoms in total. The van der Waals surface area contributed by atoms with Crippen LogP contribution in [-0.4, -0.2) is 4.57 Å². The number of nitrogens with zero attached hydrogens (tertiary/aromatic N) is 2. The highest BCUT2D eigenvalue weighted by molar-refractivity contribution is 6.14. The van der Waals surface area contributed by atoms with E-state index in [1.165, 1.54) is 94.3 Å². The van der Waals surface area contributed by atoms with Crippen LogP contribution in [0.5, 0.6) is 0 Å². The minimum Gasteiger partial charge on any atom is -0.456 e. The Morgan fingerprint density at radius 1 is 0.325 bits per heavy atom. The minimum absolute atomic E-state index is 0.575. The van der Waals surface area contributed by atoms with Crippen LogP contribution in [0, 0.1) is 0 Å². The van der Waals surface area contributed by atoms with E-state index in [-0.39, 0.29) is 0 Å². The van der Waals surface area contributed by atoms with Crippen molar-refractivity contribution in [2.45, 2.75) is 10.8 Å². The van der Waals surface area contributed by atoms with Gasteiger partial charge in [-0.15, -0.1) is 0 Å². The summed E-state index contributed by atoms with van der Waals surface area (Å²) < 4.78 is 8.82. The number of anilines is 3. The van der Waals surface area contributed by atoms with Crippen LogP contribution >= 0.6 is 0 Å². The maximum atomic E-state index is 6.29. The fraction of sp³-hybridized carbons (Fsp3) is 0.0270. The van der Waals surface area contributed by atoms with Crippen molar-refractivity contribution in [1.82, 2.24) is 4.57 Å². The van der Waals surface area contributed by atoms with Crippen LogP contribution in [0.15, 0.2) is 283 Å². The first-order valence-electron chi connectivity index (χ1n) is 26.7. The Balaban J connectivity index is 0.960. The molecule has 2 aromatic heterocycles. The lowest BCUT2D eigenvalue weighted by Crippen LogP contribution is -2.33. The quantitative estimate of drug-likeness (QED) is 0.166. The molecule has 1 atom stereocenters. The van der Waals surface area contributed by atoms with E-state index in [4.69, 9.17) is 4.42 Å². The predicted octanol–water partition coefficient (Wildman–Crippen LogP) is 18.9. The largest absolute Gasteiger partial charge is 0.456 e. The van der Waals surface area contributed by atoms with Gasteiger partial charge in [-0.2, -0.15) is 0 Å². The highest BCUT2D eigenvalue weighted by Crippen LogP contribution is 2.65. The maximum absolute atomic E-state index is 6.29. The molecule has 3 aliphatic rings. The van der Waals surface area contributed by atoms with Crippen molar-refractivity contribution < 1.29 is 4.42 Å². The third kappa shape index (κ3) is 5.49. The number of rotatable bonds is 6. The lowest BCUT2D eigenvalue weighted by molar-refractivity contribution is 0.669. The normalized spacial score (nSPS) is 15.2. The number of furan rings is 1. The van der Waals surface area contributed by atoms with E-state index in [9.17, 15) is 0 Å². The number of benzene rings is 12. The van der Waals surface area contributed by atoms with Crippen molar-refractivity contribution in [3.63, 3.8) is 0 Å². The summed E-state index contributed by atoms with van der Waals surface area (Å²) in [6.45, 7) is 0. The second-order valence-electron chi connectivity index (χ2n) is 21.0. The summed E-state index contributed by atoms with van der Waals surface area (Å²) in [5.41, 5.74) is 25.1. The van der Waals surface area contributed by atoms with Crippen LogP contribution in [-0.2, 0) is 10.8 Å². The van der Waals surface area contributed by atoms with Gasteiger partial charge in [0.2, 0.25) is 0 Å². The average molecular weight is 979 g/mol. The van der Waals surface area contributed by atoms with Gasteiger partial charge in [0.25, 0.3) is 0 Å². The van der Waals surface area contributed by atoms with E-state index in [0.717, 1.165) is 50.1 Å². The van der Waals surface area contributed by atoms with E-state index in [0.29, 0.717) is 0 Å². The Kier molecular flexibility index (Phi) is 8.69. The molecule has 0 amide bonds. The Bertz CT molecular complexity index is 4710. The van der Waals surface area contributed by atoms with E-state index in [2.05, 4.69) is 282 Å². The Labute approximate surface area is 445 Å². The van der Waals surface area contributed by atoms with Gasteiger partial charge in [-0.1, -0.05) is 224 Å². The Morgan fingerprint density at radius 2 is 0.831 bits per heavy atom. The van der Waals surface area contributed by atoms with Gasteiger partial charge in [-0.05, 0) is 121 Å². The molecule has 0 saturated heterocycles. The van der Waals surface area contributed by atoms with Crippen LogP contribution in [0.3, 0.4) is 0 Å². The second-order valence-corrected chi connectivity index (χ2v) is 21.0. The molecule has 2 aliphatic carbocycles. The zero-order valence-electron chi connectivity index (χ0n) is 41.9. The molecular formula is C74H46N2O. The zero-order chi connectivity index (χ0) is 50.4. The molecule has 1 unspecified atom stereocenters.